The lowest BCUT2D eigenvalue weighted by atomic mass is 9.82. The topological polar surface area (TPSA) is 50.1 Å². The van der Waals surface area contributed by atoms with Crippen molar-refractivity contribution in [2.24, 2.45) is 5.92 Å². The molecule has 1 saturated carbocycles. The van der Waals surface area contributed by atoms with Crippen LogP contribution in [0.2, 0.25) is 0 Å². The minimum Gasteiger partial charge on any atom is -0.393 e. The van der Waals surface area contributed by atoms with Gasteiger partial charge >= 0.3 is 0 Å². The normalized spacial score (nSPS) is 22.6. The predicted molar refractivity (Wildman–Crippen MR) is 75.8 cm³/mol. The van der Waals surface area contributed by atoms with Crippen molar-refractivity contribution in [3.05, 3.63) is 30.0 Å². The number of para-hydroxylation sites is 1. The van der Waals surface area contributed by atoms with Gasteiger partial charge in [-0.25, -0.2) is 0 Å². The molecule has 2 N–H and O–H groups in total. The van der Waals surface area contributed by atoms with Gasteiger partial charge in [0.05, 0.1) is 17.3 Å². The van der Waals surface area contributed by atoms with Gasteiger partial charge in [0.1, 0.15) is 0 Å². The van der Waals surface area contributed by atoms with Crippen LogP contribution >= 0.6 is 0 Å². The summed E-state index contributed by atoms with van der Waals surface area (Å²) in [6.45, 7) is 4.80. The second-order valence-corrected chi connectivity index (χ2v) is 5.40. The summed E-state index contributed by atoms with van der Waals surface area (Å²) in [4.78, 5) is 0. The molecule has 2 aromatic rings. The fourth-order valence-electron chi connectivity index (χ4n) is 2.83. The second kappa shape index (κ2) is 5.31. The average molecular weight is 259 g/mol. The highest BCUT2D eigenvalue weighted by Gasteiger charge is 2.26. The molecule has 0 atom stereocenters. The van der Waals surface area contributed by atoms with E-state index < -0.39 is 0 Å². The summed E-state index contributed by atoms with van der Waals surface area (Å²) in [6, 6.07) is 8.38. The van der Waals surface area contributed by atoms with Gasteiger partial charge < -0.3 is 10.4 Å². The standard InChI is InChI=1S/C15H21N3O/c1-2-18-15-6-4-3-5-13(15)14(17-18)10-16-9-11-7-12(19)8-11/h3-6,11-12,16,19H,2,7-10H2,1H3. The first-order chi connectivity index (χ1) is 9.28. The Balaban J connectivity index is 1.67. The zero-order chi connectivity index (χ0) is 13.2. The van der Waals surface area contributed by atoms with Crippen LogP contribution in [0, 0.1) is 5.92 Å². The van der Waals surface area contributed by atoms with Crippen LogP contribution in [0.4, 0.5) is 0 Å². The van der Waals surface area contributed by atoms with E-state index in [0.29, 0.717) is 5.92 Å². The quantitative estimate of drug-likeness (QED) is 0.862. The third-order valence-electron chi connectivity index (χ3n) is 3.97. The van der Waals surface area contributed by atoms with Gasteiger partial charge in [0, 0.05) is 18.5 Å². The summed E-state index contributed by atoms with van der Waals surface area (Å²) in [5, 5.41) is 18.6. The number of nitrogens with zero attached hydrogens (tertiary/aromatic N) is 2. The van der Waals surface area contributed by atoms with Crippen LogP contribution < -0.4 is 5.32 Å². The maximum absolute atomic E-state index is 9.27. The van der Waals surface area contributed by atoms with Crippen LogP contribution in [-0.2, 0) is 13.1 Å². The fraction of sp³-hybridized carbons (Fsp3) is 0.533. The SMILES string of the molecule is CCn1nc(CNCC2CC(O)C2)c2ccccc21. The zero-order valence-corrected chi connectivity index (χ0v) is 11.3. The van der Waals surface area contributed by atoms with E-state index in [9.17, 15) is 5.11 Å². The molecule has 1 aromatic heterocycles. The van der Waals surface area contributed by atoms with Crippen molar-refractivity contribution in [3.63, 3.8) is 0 Å². The minimum absolute atomic E-state index is 0.0630. The molecule has 19 heavy (non-hydrogen) atoms. The minimum atomic E-state index is -0.0630. The summed E-state index contributed by atoms with van der Waals surface area (Å²) < 4.78 is 2.06. The highest BCUT2D eigenvalue weighted by Crippen LogP contribution is 2.26. The highest BCUT2D eigenvalue weighted by atomic mass is 16.3. The van der Waals surface area contributed by atoms with Gasteiger partial charge in [-0.2, -0.15) is 5.10 Å². The molecule has 3 rings (SSSR count). The van der Waals surface area contributed by atoms with E-state index >= 15 is 0 Å². The lowest BCUT2D eigenvalue weighted by Crippen LogP contribution is -2.35. The number of aliphatic hydroxyl groups is 1. The van der Waals surface area contributed by atoms with Gasteiger partial charge in [-0.1, -0.05) is 18.2 Å². The van der Waals surface area contributed by atoms with Crippen LogP contribution in [0.3, 0.4) is 0 Å². The summed E-state index contributed by atoms with van der Waals surface area (Å²) >= 11 is 0. The first-order valence-electron chi connectivity index (χ1n) is 7.11. The third kappa shape index (κ3) is 2.51. The number of aliphatic hydroxyl groups excluding tert-OH is 1. The monoisotopic (exact) mass is 259 g/mol. The lowest BCUT2D eigenvalue weighted by molar-refractivity contribution is 0.0429. The number of aromatic nitrogens is 2. The number of hydrogen-bond acceptors (Lipinski definition) is 3. The fourth-order valence-corrected chi connectivity index (χ4v) is 2.83. The Bertz CT molecular complexity index is 558. The molecule has 1 aliphatic rings. The van der Waals surface area contributed by atoms with E-state index in [1.807, 2.05) is 0 Å². The summed E-state index contributed by atoms with van der Waals surface area (Å²) in [6.07, 6.45) is 1.82. The number of aryl methyl sites for hydroxylation is 1. The molecule has 0 spiro atoms. The number of rotatable bonds is 5. The Morgan fingerprint density at radius 3 is 2.89 bits per heavy atom. The first-order valence-corrected chi connectivity index (χ1v) is 7.11. The lowest BCUT2D eigenvalue weighted by Gasteiger charge is -2.31. The Morgan fingerprint density at radius 2 is 2.16 bits per heavy atom. The van der Waals surface area contributed by atoms with Gasteiger partial charge in [0.15, 0.2) is 0 Å². The maximum Gasteiger partial charge on any atom is 0.0841 e. The van der Waals surface area contributed by atoms with Gasteiger partial charge in [0.2, 0.25) is 0 Å². The number of benzene rings is 1. The largest absolute Gasteiger partial charge is 0.393 e. The molecule has 1 heterocycles. The number of hydrogen-bond donors (Lipinski definition) is 2. The smallest absolute Gasteiger partial charge is 0.0841 e. The van der Waals surface area contributed by atoms with Crippen molar-refractivity contribution >= 4 is 10.9 Å². The maximum atomic E-state index is 9.27. The Morgan fingerprint density at radius 1 is 1.37 bits per heavy atom. The van der Waals surface area contributed by atoms with E-state index in [1.54, 1.807) is 0 Å². The van der Waals surface area contributed by atoms with Crippen molar-refractivity contribution in [2.45, 2.75) is 39.0 Å². The summed E-state index contributed by atoms with van der Waals surface area (Å²) in [7, 11) is 0. The highest BCUT2D eigenvalue weighted by molar-refractivity contribution is 5.81. The molecule has 0 aliphatic heterocycles. The Kier molecular flexibility index (Phi) is 3.53. The molecule has 1 aliphatic carbocycles. The van der Waals surface area contributed by atoms with E-state index in [1.165, 1.54) is 10.9 Å². The molecule has 0 bridgehead atoms. The second-order valence-electron chi connectivity index (χ2n) is 5.40. The predicted octanol–water partition coefficient (Wildman–Crippen LogP) is 1.92. The van der Waals surface area contributed by atoms with Gasteiger partial charge in [-0.05, 0) is 38.3 Å². The summed E-state index contributed by atoms with van der Waals surface area (Å²) in [5.74, 6) is 0.634. The summed E-state index contributed by atoms with van der Waals surface area (Å²) in [5.41, 5.74) is 2.33. The van der Waals surface area contributed by atoms with E-state index in [-0.39, 0.29) is 6.10 Å². The molecule has 4 nitrogen and oxygen atoms in total. The number of nitrogens with one attached hydrogen (secondary N) is 1. The molecule has 0 amide bonds. The van der Waals surface area contributed by atoms with Crippen LogP contribution in [0.1, 0.15) is 25.5 Å². The molecular formula is C15H21N3O. The Labute approximate surface area is 113 Å². The van der Waals surface area contributed by atoms with Crippen molar-refractivity contribution in [3.8, 4) is 0 Å². The van der Waals surface area contributed by atoms with Crippen LogP contribution in [0.15, 0.2) is 24.3 Å². The average Bonchev–Trinajstić information content (AvgIpc) is 2.75. The zero-order valence-electron chi connectivity index (χ0n) is 11.3. The molecule has 102 valence electrons. The van der Waals surface area contributed by atoms with Crippen molar-refractivity contribution in [1.82, 2.24) is 15.1 Å². The molecule has 0 saturated heterocycles. The molecule has 1 fully saturated rings. The van der Waals surface area contributed by atoms with Crippen LogP contribution in [0.25, 0.3) is 10.9 Å². The van der Waals surface area contributed by atoms with E-state index in [4.69, 9.17) is 0 Å². The third-order valence-corrected chi connectivity index (χ3v) is 3.97. The molecule has 1 aromatic carbocycles. The molecule has 0 radical (unpaired) electrons. The van der Waals surface area contributed by atoms with Gasteiger partial charge in [-0.15, -0.1) is 0 Å². The van der Waals surface area contributed by atoms with Gasteiger partial charge in [-0.3, -0.25) is 4.68 Å². The van der Waals surface area contributed by atoms with Gasteiger partial charge in [0.25, 0.3) is 0 Å². The Hall–Kier alpha value is -1.39. The van der Waals surface area contributed by atoms with Crippen molar-refractivity contribution in [2.75, 3.05) is 6.54 Å². The molecule has 0 unspecified atom stereocenters. The van der Waals surface area contributed by atoms with Crippen LogP contribution in [0.5, 0.6) is 0 Å². The molecule has 4 heteroatoms. The number of fused-ring (bicyclic) bond motifs is 1. The van der Waals surface area contributed by atoms with E-state index in [0.717, 1.165) is 38.2 Å². The first kappa shape index (κ1) is 12.6. The van der Waals surface area contributed by atoms with Crippen molar-refractivity contribution in [1.29, 1.82) is 0 Å². The van der Waals surface area contributed by atoms with Crippen LogP contribution in [-0.4, -0.2) is 27.5 Å². The van der Waals surface area contributed by atoms with Crippen molar-refractivity contribution < 1.29 is 5.11 Å². The van der Waals surface area contributed by atoms with E-state index in [2.05, 4.69) is 46.3 Å². The molecular weight excluding hydrogens is 238 g/mol.